The molecule has 1 aliphatic heterocycles. The van der Waals surface area contributed by atoms with E-state index < -0.39 is 0 Å². The van der Waals surface area contributed by atoms with Gasteiger partial charge in [-0.15, -0.1) is 0 Å². The van der Waals surface area contributed by atoms with Gasteiger partial charge in [-0.1, -0.05) is 6.07 Å². The van der Waals surface area contributed by atoms with Crippen LogP contribution >= 0.6 is 15.9 Å². The molecule has 1 aromatic carbocycles. The van der Waals surface area contributed by atoms with E-state index >= 15 is 0 Å². The molecule has 2 aromatic heterocycles. The standard InChI is InChI=1S/C19H17BrN6O/c1-26(11-14-4-2-3-7-21-14)18-15(20)10-22-19(25-18)23-13-5-6-16-12(8-13)9-17(27)24-16/h2-8,10H,9,11H2,1H3,(H,24,27)(H,22,23,25). The SMILES string of the molecule is CN(Cc1ccccn1)c1nc(Nc2ccc3c(c2)CC(=O)N3)ncc1Br. The summed E-state index contributed by atoms with van der Waals surface area (Å²) in [5.74, 6) is 1.26. The number of carbonyl (C=O) groups is 1. The number of hydrogen-bond donors (Lipinski definition) is 2. The maximum atomic E-state index is 11.5. The summed E-state index contributed by atoms with van der Waals surface area (Å²) in [6, 6.07) is 11.6. The Morgan fingerprint density at radius 2 is 2.15 bits per heavy atom. The zero-order valence-electron chi connectivity index (χ0n) is 14.6. The lowest BCUT2D eigenvalue weighted by Gasteiger charge is -2.19. The van der Waals surface area contributed by atoms with Crippen molar-refractivity contribution in [3.63, 3.8) is 0 Å². The Balaban J connectivity index is 1.54. The fourth-order valence-corrected chi connectivity index (χ4v) is 3.43. The van der Waals surface area contributed by atoms with Gasteiger partial charge in [0.1, 0.15) is 5.82 Å². The highest BCUT2D eigenvalue weighted by Crippen LogP contribution is 2.29. The molecule has 27 heavy (non-hydrogen) atoms. The van der Waals surface area contributed by atoms with Gasteiger partial charge in [0.05, 0.1) is 23.1 Å². The van der Waals surface area contributed by atoms with Crippen molar-refractivity contribution in [2.75, 3.05) is 22.6 Å². The first-order chi connectivity index (χ1) is 13.1. The molecule has 0 unspecified atom stereocenters. The predicted octanol–water partition coefficient (Wildman–Crippen LogP) is 3.51. The lowest BCUT2D eigenvalue weighted by atomic mass is 10.1. The molecule has 0 spiro atoms. The van der Waals surface area contributed by atoms with Gasteiger partial charge >= 0.3 is 0 Å². The fourth-order valence-electron chi connectivity index (χ4n) is 2.93. The van der Waals surface area contributed by atoms with Gasteiger partial charge in [0.25, 0.3) is 0 Å². The molecule has 3 heterocycles. The van der Waals surface area contributed by atoms with Crippen molar-refractivity contribution in [2.45, 2.75) is 13.0 Å². The number of amides is 1. The Morgan fingerprint density at radius 1 is 1.26 bits per heavy atom. The highest BCUT2D eigenvalue weighted by molar-refractivity contribution is 9.10. The van der Waals surface area contributed by atoms with Crippen LogP contribution < -0.4 is 15.5 Å². The van der Waals surface area contributed by atoms with Crippen LogP contribution in [-0.2, 0) is 17.8 Å². The van der Waals surface area contributed by atoms with Crippen LogP contribution in [0, 0.1) is 0 Å². The number of anilines is 4. The van der Waals surface area contributed by atoms with Crippen molar-refractivity contribution in [1.29, 1.82) is 0 Å². The number of halogens is 1. The van der Waals surface area contributed by atoms with Crippen LogP contribution in [0.15, 0.2) is 53.3 Å². The number of nitrogens with one attached hydrogen (secondary N) is 2. The van der Waals surface area contributed by atoms with Crippen molar-refractivity contribution < 1.29 is 4.79 Å². The number of pyridine rings is 1. The van der Waals surface area contributed by atoms with Crippen molar-refractivity contribution >= 4 is 45.0 Å². The first kappa shape index (κ1) is 17.4. The molecule has 8 heteroatoms. The van der Waals surface area contributed by atoms with Crippen LogP contribution in [-0.4, -0.2) is 27.9 Å². The van der Waals surface area contributed by atoms with E-state index in [0.717, 1.165) is 32.9 Å². The van der Waals surface area contributed by atoms with Gasteiger partial charge in [-0.2, -0.15) is 4.98 Å². The van der Waals surface area contributed by atoms with Crippen LogP contribution in [0.1, 0.15) is 11.3 Å². The largest absolute Gasteiger partial charge is 0.353 e. The molecule has 0 saturated heterocycles. The lowest BCUT2D eigenvalue weighted by Crippen LogP contribution is -2.19. The fraction of sp³-hybridized carbons (Fsp3) is 0.158. The molecule has 0 atom stereocenters. The van der Waals surface area contributed by atoms with E-state index in [2.05, 4.69) is 41.5 Å². The molecule has 0 aliphatic carbocycles. The van der Waals surface area contributed by atoms with Gasteiger partial charge in [0.2, 0.25) is 11.9 Å². The number of carbonyl (C=O) groups excluding carboxylic acids is 1. The zero-order chi connectivity index (χ0) is 18.8. The summed E-state index contributed by atoms with van der Waals surface area (Å²) in [6.45, 7) is 0.627. The van der Waals surface area contributed by atoms with Crippen molar-refractivity contribution in [2.24, 2.45) is 0 Å². The molecular formula is C19H17BrN6O. The van der Waals surface area contributed by atoms with E-state index in [1.165, 1.54) is 0 Å². The number of fused-ring (bicyclic) bond motifs is 1. The molecule has 0 fully saturated rings. The second-order valence-electron chi connectivity index (χ2n) is 6.26. The van der Waals surface area contributed by atoms with E-state index in [-0.39, 0.29) is 5.91 Å². The molecule has 136 valence electrons. The van der Waals surface area contributed by atoms with Crippen LogP contribution in [0.25, 0.3) is 0 Å². The third-order valence-corrected chi connectivity index (χ3v) is 4.76. The average Bonchev–Trinajstić information content (AvgIpc) is 3.03. The van der Waals surface area contributed by atoms with Crippen LogP contribution in [0.4, 0.5) is 23.1 Å². The first-order valence-corrected chi connectivity index (χ1v) is 9.21. The van der Waals surface area contributed by atoms with E-state index in [1.807, 2.05) is 48.3 Å². The van der Waals surface area contributed by atoms with Crippen molar-refractivity contribution in [1.82, 2.24) is 15.0 Å². The van der Waals surface area contributed by atoms with Crippen LogP contribution in [0.5, 0.6) is 0 Å². The van der Waals surface area contributed by atoms with E-state index in [0.29, 0.717) is 18.9 Å². The molecule has 3 aromatic rings. The minimum absolute atomic E-state index is 0.0143. The van der Waals surface area contributed by atoms with Crippen molar-refractivity contribution in [3.8, 4) is 0 Å². The molecule has 0 bridgehead atoms. The first-order valence-electron chi connectivity index (χ1n) is 8.42. The number of hydrogen-bond acceptors (Lipinski definition) is 6. The Morgan fingerprint density at radius 3 is 2.96 bits per heavy atom. The van der Waals surface area contributed by atoms with Gasteiger partial charge in [-0.25, -0.2) is 4.98 Å². The summed E-state index contributed by atoms with van der Waals surface area (Å²) in [4.78, 5) is 26.8. The highest BCUT2D eigenvalue weighted by atomic mass is 79.9. The predicted molar refractivity (Wildman–Crippen MR) is 108 cm³/mol. The van der Waals surface area contributed by atoms with Gasteiger partial charge in [-0.3, -0.25) is 9.78 Å². The van der Waals surface area contributed by atoms with Gasteiger partial charge in [0.15, 0.2) is 0 Å². The summed E-state index contributed by atoms with van der Waals surface area (Å²) in [5, 5.41) is 6.04. The number of benzene rings is 1. The Bertz CT molecular complexity index is 995. The van der Waals surface area contributed by atoms with Crippen LogP contribution in [0.3, 0.4) is 0 Å². The van der Waals surface area contributed by atoms with Gasteiger partial charge in [0, 0.05) is 30.8 Å². The maximum Gasteiger partial charge on any atom is 0.229 e. The third kappa shape index (κ3) is 3.90. The second kappa shape index (κ2) is 7.32. The smallest absolute Gasteiger partial charge is 0.229 e. The lowest BCUT2D eigenvalue weighted by molar-refractivity contribution is -0.115. The van der Waals surface area contributed by atoms with Crippen molar-refractivity contribution in [3.05, 3.63) is 64.5 Å². The summed E-state index contributed by atoms with van der Waals surface area (Å²) in [6.07, 6.45) is 3.89. The summed E-state index contributed by atoms with van der Waals surface area (Å²) >= 11 is 3.52. The third-order valence-electron chi connectivity index (χ3n) is 4.20. The zero-order valence-corrected chi connectivity index (χ0v) is 16.2. The molecule has 1 aliphatic rings. The maximum absolute atomic E-state index is 11.5. The molecule has 7 nitrogen and oxygen atoms in total. The Hall–Kier alpha value is -3.00. The minimum Gasteiger partial charge on any atom is -0.353 e. The molecule has 1 amide bonds. The van der Waals surface area contributed by atoms with E-state index in [9.17, 15) is 4.79 Å². The quantitative estimate of drug-likeness (QED) is 0.651. The summed E-state index contributed by atoms with van der Waals surface area (Å²) < 4.78 is 0.801. The average molecular weight is 425 g/mol. The molecular weight excluding hydrogens is 408 g/mol. The normalized spacial score (nSPS) is 12.4. The number of nitrogens with zero attached hydrogens (tertiary/aromatic N) is 4. The molecule has 4 rings (SSSR count). The topological polar surface area (TPSA) is 83.0 Å². The summed E-state index contributed by atoms with van der Waals surface area (Å²) in [7, 11) is 1.96. The van der Waals surface area contributed by atoms with E-state index in [4.69, 9.17) is 0 Å². The molecule has 0 radical (unpaired) electrons. The monoisotopic (exact) mass is 424 g/mol. The minimum atomic E-state index is 0.0143. The van der Waals surface area contributed by atoms with Gasteiger partial charge < -0.3 is 15.5 Å². The number of aromatic nitrogens is 3. The van der Waals surface area contributed by atoms with Crippen LogP contribution in [0.2, 0.25) is 0 Å². The Labute approximate surface area is 165 Å². The Kier molecular flexibility index (Phi) is 4.72. The second-order valence-corrected chi connectivity index (χ2v) is 7.12. The molecule has 0 saturated carbocycles. The molecule has 2 N–H and O–H groups in total. The number of rotatable bonds is 5. The summed E-state index contributed by atoms with van der Waals surface area (Å²) in [5.41, 5.74) is 3.62. The highest BCUT2D eigenvalue weighted by Gasteiger charge is 2.18. The van der Waals surface area contributed by atoms with Gasteiger partial charge in [-0.05, 0) is 51.8 Å². The van der Waals surface area contributed by atoms with E-state index in [1.54, 1.807) is 12.4 Å².